The maximum atomic E-state index is 13.4. The summed E-state index contributed by atoms with van der Waals surface area (Å²) in [6.07, 6.45) is -4.61. The molecule has 0 bridgehead atoms. The number of fused-ring (bicyclic) bond motifs is 1. The number of piperazine rings is 1. The van der Waals surface area contributed by atoms with Gasteiger partial charge < -0.3 is 9.47 Å². The molecule has 1 amide bonds. The minimum atomic E-state index is -4.61. The van der Waals surface area contributed by atoms with Crippen molar-refractivity contribution in [1.82, 2.24) is 19.4 Å². The van der Waals surface area contributed by atoms with E-state index in [1.165, 1.54) is 10.9 Å². The fraction of sp³-hybridized carbons (Fsp3) is 0.368. The fourth-order valence-electron chi connectivity index (χ4n) is 3.47. The number of imidazole rings is 1. The number of rotatable bonds is 4. The molecule has 4 rings (SSSR count). The Labute approximate surface area is 164 Å². The van der Waals surface area contributed by atoms with Crippen LogP contribution in [-0.2, 0) is 24.1 Å². The molecule has 1 saturated heterocycles. The van der Waals surface area contributed by atoms with Crippen molar-refractivity contribution in [2.24, 2.45) is 0 Å². The summed E-state index contributed by atoms with van der Waals surface area (Å²) in [7, 11) is 0. The zero-order valence-electron chi connectivity index (χ0n) is 15.0. The van der Waals surface area contributed by atoms with Gasteiger partial charge in [-0.15, -0.1) is 11.3 Å². The first-order chi connectivity index (χ1) is 13.4. The van der Waals surface area contributed by atoms with Crippen LogP contribution in [0.3, 0.4) is 0 Å². The molecule has 0 radical (unpaired) electrons. The Kier molecular flexibility index (Phi) is 5.11. The van der Waals surface area contributed by atoms with Gasteiger partial charge in [0.1, 0.15) is 6.54 Å². The van der Waals surface area contributed by atoms with Gasteiger partial charge >= 0.3 is 6.18 Å². The molecule has 3 heterocycles. The van der Waals surface area contributed by atoms with E-state index in [2.05, 4.69) is 16.0 Å². The third-order valence-electron chi connectivity index (χ3n) is 4.89. The minimum absolute atomic E-state index is 0.239. The molecular weight excluding hydrogens is 389 g/mol. The Morgan fingerprint density at radius 3 is 2.50 bits per heavy atom. The quantitative estimate of drug-likeness (QED) is 0.664. The number of hydrogen-bond acceptors (Lipinski definition) is 4. The van der Waals surface area contributed by atoms with Crippen molar-refractivity contribution >= 4 is 28.3 Å². The summed E-state index contributed by atoms with van der Waals surface area (Å²) in [4.78, 5) is 21.6. The normalized spacial score (nSPS) is 16.0. The molecule has 0 N–H and O–H groups in total. The molecule has 148 valence electrons. The number of carbonyl (C=O) groups excluding carboxylic acids is 1. The molecule has 0 saturated carbocycles. The molecule has 0 spiro atoms. The zero-order valence-corrected chi connectivity index (χ0v) is 15.8. The monoisotopic (exact) mass is 408 g/mol. The Bertz CT molecular complexity index is 959. The van der Waals surface area contributed by atoms with Crippen LogP contribution in [0.4, 0.5) is 13.2 Å². The molecule has 5 nitrogen and oxygen atoms in total. The van der Waals surface area contributed by atoms with Crippen LogP contribution in [0.25, 0.3) is 11.0 Å². The number of hydrogen-bond donors (Lipinski definition) is 0. The van der Waals surface area contributed by atoms with E-state index in [-0.39, 0.29) is 18.0 Å². The highest BCUT2D eigenvalue weighted by Gasteiger charge is 2.38. The lowest BCUT2D eigenvalue weighted by Crippen LogP contribution is -2.49. The lowest BCUT2D eigenvalue weighted by atomic mass is 10.3. The molecule has 9 heteroatoms. The van der Waals surface area contributed by atoms with Gasteiger partial charge in [0, 0.05) is 37.6 Å². The lowest BCUT2D eigenvalue weighted by molar-refractivity contribution is -0.148. The van der Waals surface area contributed by atoms with E-state index in [1.807, 2.05) is 11.4 Å². The Hall–Kier alpha value is -2.39. The summed E-state index contributed by atoms with van der Waals surface area (Å²) in [5, 5.41) is 2.03. The Morgan fingerprint density at radius 2 is 1.82 bits per heavy atom. The van der Waals surface area contributed by atoms with Crippen molar-refractivity contribution in [1.29, 1.82) is 0 Å². The van der Waals surface area contributed by atoms with Crippen LogP contribution in [-0.4, -0.2) is 51.4 Å². The van der Waals surface area contributed by atoms with Gasteiger partial charge in [-0.1, -0.05) is 18.2 Å². The van der Waals surface area contributed by atoms with Crippen molar-refractivity contribution < 1.29 is 18.0 Å². The average molecular weight is 408 g/mol. The summed E-state index contributed by atoms with van der Waals surface area (Å²) in [6, 6.07) is 10.4. The van der Waals surface area contributed by atoms with Crippen LogP contribution < -0.4 is 0 Å². The number of halogens is 3. The molecule has 0 aliphatic carbocycles. The molecule has 0 unspecified atom stereocenters. The summed E-state index contributed by atoms with van der Waals surface area (Å²) in [5.41, 5.74) is 0.558. The van der Waals surface area contributed by atoms with Gasteiger partial charge in [0.25, 0.3) is 0 Å². The van der Waals surface area contributed by atoms with Crippen LogP contribution >= 0.6 is 11.3 Å². The van der Waals surface area contributed by atoms with Crippen molar-refractivity contribution in [2.45, 2.75) is 19.3 Å². The largest absolute Gasteiger partial charge is 0.449 e. The SMILES string of the molecule is O=C(Cn1c(C(F)(F)F)nc2ccccc21)N1CCN(Cc2cccs2)CC1. The molecule has 1 aromatic carbocycles. The van der Waals surface area contributed by atoms with Gasteiger partial charge in [-0.3, -0.25) is 9.69 Å². The summed E-state index contributed by atoms with van der Waals surface area (Å²) >= 11 is 1.69. The second-order valence-electron chi connectivity index (χ2n) is 6.74. The van der Waals surface area contributed by atoms with Crippen LogP contribution in [0.1, 0.15) is 10.7 Å². The number of aromatic nitrogens is 2. The van der Waals surface area contributed by atoms with Gasteiger partial charge in [-0.25, -0.2) is 4.98 Å². The van der Waals surface area contributed by atoms with Gasteiger partial charge in [0.15, 0.2) is 0 Å². The molecule has 1 aliphatic heterocycles. The molecule has 1 aliphatic rings. The van der Waals surface area contributed by atoms with Crippen LogP contribution in [0, 0.1) is 0 Å². The topological polar surface area (TPSA) is 41.4 Å². The molecule has 2 aromatic heterocycles. The number of carbonyl (C=O) groups is 1. The second kappa shape index (κ2) is 7.56. The molecule has 28 heavy (non-hydrogen) atoms. The van der Waals surface area contributed by atoms with E-state index in [4.69, 9.17) is 0 Å². The third kappa shape index (κ3) is 3.90. The smallest absolute Gasteiger partial charge is 0.339 e. The Morgan fingerprint density at radius 1 is 1.07 bits per heavy atom. The first-order valence-electron chi connectivity index (χ1n) is 8.97. The van der Waals surface area contributed by atoms with Gasteiger partial charge in [-0.05, 0) is 23.6 Å². The molecular formula is C19H19F3N4OS. The van der Waals surface area contributed by atoms with Gasteiger partial charge in [-0.2, -0.15) is 13.2 Å². The number of para-hydroxylation sites is 2. The zero-order chi connectivity index (χ0) is 19.7. The van der Waals surface area contributed by atoms with E-state index in [0.717, 1.165) is 11.1 Å². The number of thiophene rings is 1. The van der Waals surface area contributed by atoms with Crippen LogP contribution in [0.15, 0.2) is 41.8 Å². The molecule has 0 atom stereocenters. The maximum absolute atomic E-state index is 13.4. The molecule has 1 fully saturated rings. The van der Waals surface area contributed by atoms with Crippen molar-refractivity contribution in [3.8, 4) is 0 Å². The third-order valence-corrected chi connectivity index (χ3v) is 5.75. The van der Waals surface area contributed by atoms with E-state index in [1.54, 1.807) is 34.4 Å². The van der Waals surface area contributed by atoms with E-state index < -0.39 is 12.0 Å². The molecule has 3 aromatic rings. The van der Waals surface area contributed by atoms with Gasteiger partial charge in [0.05, 0.1) is 11.0 Å². The highest BCUT2D eigenvalue weighted by molar-refractivity contribution is 7.09. The van der Waals surface area contributed by atoms with Crippen molar-refractivity contribution in [3.05, 3.63) is 52.5 Å². The van der Waals surface area contributed by atoms with Crippen molar-refractivity contribution in [3.63, 3.8) is 0 Å². The first kappa shape index (κ1) is 18.9. The van der Waals surface area contributed by atoms with Gasteiger partial charge in [0.2, 0.25) is 11.7 Å². The van der Waals surface area contributed by atoms with E-state index in [9.17, 15) is 18.0 Å². The first-order valence-corrected chi connectivity index (χ1v) is 9.85. The van der Waals surface area contributed by atoms with Crippen molar-refractivity contribution in [2.75, 3.05) is 26.2 Å². The predicted molar refractivity (Wildman–Crippen MR) is 101 cm³/mol. The Balaban J connectivity index is 1.46. The lowest BCUT2D eigenvalue weighted by Gasteiger charge is -2.34. The number of nitrogens with zero attached hydrogens (tertiary/aromatic N) is 4. The highest BCUT2D eigenvalue weighted by Crippen LogP contribution is 2.31. The number of benzene rings is 1. The van der Waals surface area contributed by atoms with Crippen LogP contribution in [0.5, 0.6) is 0 Å². The van der Waals surface area contributed by atoms with E-state index >= 15 is 0 Å². The predicted octanol–water partition coefficient (Wildman–Crippen LogP) is 3.46. The number of alkyl halides is 3. The van der Waals surface area contributed by atoms with Crippen LogP contribution in [0.2, 0.25) is 0 Å². The average Bonchev–Trinajstić information content (AvgIpc) is 3.30. The second-order valence-corrected chi connectivity index (χ2v) is 7.78. The summed E-state index contributed by atoms with van der Waals surface area (Å²) < 4.78 is 41.2. The fourth-order valence-corrected chi connectivity index (χ4v) is 4.21. The minimum Gasteiger partial charge on any atom is -0.339 e. The number of amides is 1. The maximum Gasteiger partial charge on any atom is 0.449 e. The summed E-state index contributed by atoms with van der Waals surface area (Å²) in [5.74, 6) is -1.34. The highest BCUT2D eigenvalue weighted by atomic mass is 32.1. The van der Waals surface area contributed by atoms with E-state index in [0.29, 0.717) is 31.7 Å². The standard InChI is InChI=1S/C19H19F3N4OS/c20-19(21,22)18-23-15-5-1-2-6-16(15)26(18)13-17(27)25-9-7-24(8-10-25)12-14-4-3-11-28-14/h1-6,11H,7-10,12-13H2. The summed E-state index contributed by atoms with van der Waals surface area (Å²) in [6.45, 7) is 2.92.